The Bertz CT molecular complexity index is 2120. The molecule has 0 amide bonds. The van der Waals surface area contributed by atoms with Gasteiger partial charge in [0.1, 0.15) is 5.75 Å². The number of fused-ring (bicyclic) bond motifs is 2. The van der Waals surface area contributed by atoms with Crippen LogP contribution in [-0.2, 0) is 14.3 Å². The van der Waals surface area contributed by atoms with E-state index in [0.717, 1.165) is 61.5 Å². The first kappa shape index (κ1) is 30.2. The lowest BCUT2D eigenvalue weighted by Crippen LogP contribution is -2.03. The Kier molecular flexibility index (Phi) is 9.89. The molecule has 5 aromatic rings. The Balaban J connectivity index is 1.31. The quantitative estimate of drug-likeness (QED) is 0.0674. The highest BCUT2D eigenvalue weighted by Gasteiger charge is 2.08. The topological polar surface area (TPSA) is 52.6 Å². The van der Waals surface area contributed by atoms with Crippen LogP contribution in [0.25, 0.3) is 21.5 Å². The van der Waals surface area contributed by atoms with Gasteiger partial charge in [-0.2, -0.15) is 0 Å². The van der Waals surface area contributed by atoms with Gasteiger partial charge < -0.3 is 9.47 Å². The van der Waals surface area contributed by atoms with E-state index in [1.807, 2.05) is 78.9 Å². The average Bonchev–Trinajstić information content (AvgIpc) is 3.09. The molecule has 0 aliphatic heterocycles. The first-order valence-electron chi connectivity index (χ1n) is 14.4. The van der Waals surface area contributed by atoms with E-state index in [2.05, 4.69) is 60.8 Å². The summed E-state index contributed by atoms with van der Waals surface area (Å²) < 4.78 is 10.4. The van der Waals surface area contributed by atoms with Gasteiger partial charge >= 0.3 is 11.9 Å². The summed E-state index contributed by atoms with van der Waals surface area (Å²) in [5, 5.41) is 3.79. The van der Waals surface area contributed by atoms with Gasteiger partial charge in [-0.15, -0.1) is 0 Å². The molecule has 0 spiro atoms. The third-order valence-corrected chi connectivity index (χ3v) is 6.83. The molecule has 0 bridgehead atoms. The summed E-state index contributed by atoms with van der Waals surface area (Å²) in [7, 11) is 0. The molecule has 4 nitrogen and oxygen atoms in total. The van der Waals surface area contributed by atoms with Gasteiger partial charge in [-0.25, -0.2) is 9.59 Å². The number of ether oxygens (including phenoxy) is 2. The molecule has 0 saturated carbocycles. The van der Waals surface area contributed by atoms with Gasteiger partial charge in [0.15, 0.2) is 0 Å². The molecule has 0 N–H and O–H groups in total. The standard InChI is InChI=1S/C41H28O4/c1-3-40(42)44-29-11-5-6-12-32-25-26-33(36-14-8-7-13-35(32)36)23-21-30-17-19-31(20-18-30)22-24-34-27-28-39(45-41(43)4-2)38-16-10-9-15-37(34)38/h3-4,7-10,13-20,25-28H,1-2,5,11,29H2. The lowest BCUT2D eigenvalue weighted by Gasteiger charge is -2.07. The molecule has 0 radical (unpaired) electrons. The van der Waals surface area contributed by atoms with Gasteiger partial charge in [0.25, 0.3) is 0 Å². The number of hydrogen-bond acceptors (Lipinski definition) is 4. The van der Waals surface area contributed by atoms with Crippen LogP contribution >= 0.6 is 0 Å². The Labute approximate surface area is 263 Å². The summed E-state index contributed by atoms with van der Waals surface area (Å²) in [5.74, 6) is 19.0. The van der Waals surface area contributed by atoms with Crippen LogP contribution in [-0.4, -0.2) is 18.5 Å². The highest BCUT2D eigenvalue weighted by Crippen LogP contribution is 2.28. The fourth-order valence-electron chi connectivity index (χ4n) is 4.60. The lowest BCUT2D eigenvalue weighted by atomic mass is 9.99. The number of carbonyl (C=O) groups is 2. The van der Waals surface area contributed by atoms with Crippen LogP contribution in [0.15, 0.2) is 122 Å². The van der Waals surface area contributed by atoms with Gasteiger partial charge in [-0.05, 0) is 65.7 Å². The molecule has 45 heavy (non-hydrogen) atoms. The molecule has 0 unspecified atom stereocenters. The first-order valence-corrected chi connectivity index (χ1v) is 14.4. The SMILES string of the molecule is C=CC(=O)OCCCC#Cc1ccc(C#Cc2ccc(C#Cc3ccc(OC(=O)C=C)c4ccccc34)cc2)c2ccccc12. The summed E-state index contributed by atoms with van der Waals surface area (Å²) in [4.78, 5) is 22.9. The van der Waals surface area contributed by atoms with Crippen molar-refractivity contribution in [2.24, 2.45) is 0 Å². The summed E-state index contributed by atoms with van der Waals surface area (Å²) >= 11 is 0. The molecule has 0 heterocycles. The number of hydrogen-bond donors (Lipinski definition) is 0. The highest BCUT2D eigenvalue weighted by atomic mass is 16.5. The van der Waals surface area contributed by atoms with E-state index in [4.69, 9.17) is 9.47 Å². The number of unbranched alkanes of at least 4 members (excludes halogenated alkanes) is 1. The molecule has 5 rings (SSSR count). The van der Waals surface area contributed by atoms with Gasteiger partial charge in [0, 0.05) is 57.2 Å². The molecule has 0 fully saturated rings. The summed E-state index contributed by atoms with van der Waals surface area (Å²) in [6.45, 7) is 7.18. The van der Waals surface area contributed by atoms with Crippen molar-refractivity contribution in [3.63, 3.8) is 0 Å². The Morgan fingerprint density at radius 2 is 1.07 bits per heavy atom. The van der Waals surface area contributed by atoms with Gasteiger partial charge in [0.2, 0.25) is 0 Å². The Hall–Kier alpha value is -6.28. The van der Waals surface area contributed by atoms with E-state index >= 15 is 0 Å². The van der Waals surface area contributed by atoms with E-state index in [1.54, 1.807) is 6.07 Å². The average molecular weight is 585 g/mol. The maximum absolute atomic E-state index is 11.7. The molecule has 216 valence electrons. The fraction of sp³-hybridized carbons (Fsp3) is 0.0732. The first-order chi connectivity index (χ1) is 22.1. The Morgan fingerprint density at radius 3 is 1.62 bits per heavy atom. The summed E-state index contributed by atoms with van der Waals surface area (Å²) in [5.41, 5.74) is 4.43. The predicted molar refractivity (Wildman–Crippen MR) is 179 cm³/mol. The molecular formula is C41H28O4. The van der Waals surface area contributed by atoms with E-state index in [1.165, 1.54) is 0 Å². The van der Waals surface area contributed by atoms with Gasteiger partial charge in [0.05, 0.1) is 6.61 Å². The zero-order chi connectivity index (χ0) is 31.4. The number of benzene rings is 5. The third-order valence-electron chi connectivity index (χ3n) is 6.83. The monoisotopic (exact) mass is 584 g/mol. The largest absolute Gasteiger partial charge is 0.463 e. The van der Waals surface area contributed by atoms with Crippen LogP contribution in [0.1, 0.15) is 40.7 Å². The van der Waals surface area contributed by atoms with E-state index < -0.39 is 11.9 Å². The van der Waals surface area contributed by atoms with Crippen LogP contribution in [0.3, 0.4) is 0 Å². The minimum absolute atomic E-state index is 0.323. The second-order valence-corrected chi connectivity index (χ2v) is 9.84. The summed E-state index contributed by atoms with van der Waals surface area (Å²) in [6, 6.07) is 31.2. The molecule has 0 atom stereocenters. The Morgan fingerprint density at radius 1 is 0.578 bits per heavy atom. The van der Waals surface area contributed by atoms with E-state index in [-0.39, 0.29) is 0 Å². The zero-order valence-electron chi connectivity index (χ0n) is 24.6. The molecule has 0 aliphatic rings. The maximum atomic E-state index is 11.7. The summed E-state index contributed by atoms with van der Waals surface area (Å²) in [6.07, 6.45) is 3.59. The number of carbonyl (C=O) groups excluding carboxylic acids is 2. The smallest absolute Gasteiger partial charge is 0.335 e. The highest BCUT2D eigenvalue weighted by molar-refractivity contribution is 5.96. The van der Waals surface area contributed by atoms with Crippen molar-refractivity contribution >= 4 is 33.5 Å². The van der Waals surface area contributed by atoms with Crippen LogP contribution in [0, 0.1) is 35.5 Å². The molecule has 0 saturated heterocycles. The van der Waals surface area contributed by atoms with Crippen molar-refractivity contribution in [3.8, 4) is 41.3 Å². The van der Waals surface area contributed by atoms with Crippen molar-refractivity contribution in [2.45, 2.75) is 12.8 Å². The molecule has 4 heteroatoms. The van der Waals surface area contributed by atoms with E-state index in [0.29, 0.717) is 25.2 Å². The van der Waals surface area contributed by atoms with Crippen molar-refractivity contribution < 1.29 is 19.1 Å². The minimum atomic E-state index is -0.504. The van der Waals surface area contributed by atoms with Crippen LogP contribution in [0.4, 0.5) is 0 Å². The lowest BCUT2D eigenvalue weighted by molar-refractivity contribution is -0.137. The van der Waals surface area contributed by atoms with Crippen molar-refractivity contribution in [1.29, 1.82) is 0 Å². The molecular weight excluding hydrogens is 556 g/mol. The molecule has 5 aromatic carbocycles. The third kappa shape index (κ3) is 7.77. The van der Waals surface area contributed by atoms with Crippen LogP contribution < -0.4 is 4.74 Å². The number of esters is 2. The van der Waals surface area contributed by atoms with Gasteiger partial charge in [-0.3, -0.25) is 0 Å². The molecule has 0 aromatic heterocycles. The second-order valence-electron chi connectivity index (χ2n) is 9.84. The van der Waals surface area contributed by atoms with Crippen LogP contribution in [0.2, 0.25) is 0 Å². The maximum Gasteiger partial charge on any atom is 0.335 e. The normalized spacial score (nSPS) is 9.87. The fourth-order valence-corrected chi connectivity index (χ4v) is 4.60. The minimum Gasteiger partial charge on any atom is -0.463 e. The van der Waals surface area contributed by atoms with Crippen molar-refractivity contribution in [3.05, 3.63) is 150 Å². The zero-order valence-corrected chi connectivity index (χ0v) is 24.6. The molecule has 0 aliphatic carbocycles. The van der Waals surface area contributed by atoms with Gasteiger partial charge in [-0.1, -0.05) is 97.2 Å². The second kappa shape index (κ2) is 14.8. The van der Waals surface area contributed by atoms with Crippen molar-refractivity contribution in [2.75, 3.05) is 6.61 Å². The predicted octanol–water partition coefficient (Wildman–Crippen LogP) is 7.74. The van der Waals surface area contributed by atoms with Crippen molar-refractivity contribution in [1.82, 2.24) is 0 Å². The number of rotatable bonds is 6. The van der Waals surface area contributed by atoms with Crippen LogP contribution in [0.5, 0.6) is 5.75 Å². The van der Waals surface area contributed by atoms with E-state index in [9.17, 15) is 9.59 Å².